The summed E-state index contributed by atoms with van der Waals surface area (Å²) in [4.78, 5) is 57.4. The standard InChI is InChI=1S/C14H23N3O8/c1-14(2,3)25-12(22)5-10(19)17(15)6-9(18)8-24-13(23)16(4)7-11(20)21/h5-8,15H2,1-4H3,(H,20,21). The van der Waals surface area contributed by atoms with Crippen LogP contribution in [0.25, 0.3) is 0 Å². The number of esters is 1. The third-order valence-corrected chi connectivity index (χ3v) is 2.42. The maximum Gasteiger partial charge on any atom is 0.410 e. The fourth-order valence-corrected chi connectivity index (χ4v) is 1.45. The third-order valence-electron chi connectivity index (χ3n) is 2.42. The molecule has 25 heavy (non-hydrogen) atoms. The van der Waals surface area contributed by atoms with Crippen LogP contribution in [0, 0.1) is 0 Å². The summed E-state index contributed by atoms with van der Waals surface area (Å²) < 4.78 is 9.53. The maximum atomic E-state index is 11.7. The number of carboxylic acids is 1. The van der Waals surface area contributed by atoms with Crippen LogP contribution in [0.4, 0.5) is 4.79 Å². The molecule has 0 unspecified atom stereocenters. The van der Waals surface area contributed by atoms with Gasteiger partial charge >= 0.3 is 18.0 Å². The first-order valence-electron chi connectivity index (χ1n) is 7.20. The highest BCUT2D eigenvalue weighted by molar-refractivity contribution is 5.96. The topological polar surface area (TPSA) is 157 Å². The van der Waals surface area contributed by atoms with E-state index in [1.165, 1.54) is 7.05 Å². The summed E-state index contributed by atoms with van der Waals surface area (Å²) in [5.74, 6) is 1.81. The Morgan fingerprint density at radius 2 is 1.64 bits per heavy atom. The van der Waals surface area contributed by atoms with Gasteiger partial charge in [-0.25, -0.2) is 10.6 Å². The van der Waals surface area contributed by atoms with Crippen molar-refractivity contribution in [1.29, 1.82) is 0 Å². The zero-order valence-electron chi connectivity index (χ0n) is 14.6. The SMILES string of the molecule is CN(CC(=O)O)C(=O)OCC(=O)CN(N)C(=O)CC(=O)OC(C)(C)C. The van der Waals surface area contributed by atoms with Crippen molar-refractivity contribution < 1.29 is 38.6 Å². The van der Waals surface area contributed by atoms with Gasteiger partial charge in [0.1, 0.15) is 18.6 Å². The van der Waals surface area contributed by atoms with Crippen LogP contribution in [0.1, 0.15) is 27.2 Å². The van der Waals surface area contributed by atoms with E-state index < -0.39 is 61.4 Å². The minimum absolute atomic E-state index is 0.515. The van der Waals surface area contributed by atoms with Crippen LogP contribution in [0.3, 0.4) is 0 Å². The van der Waals surface area contributed by atoms with Gasteiger partial charge in [0.05, 0.1) is 6.54 Å². The summed E-state index contributed by atoms with van der Waals surface area (Å²) in [7, 11) is 1.18. The second-order valence-corrected chi connectivity index (χ2v) is 6.13. The second-order valence-electron chi connectivity index (χ2n) is 6.13. The molecule has 0 aliphatic rings. The van der Waals surface area contributed by atoms with Gasteiger partial charge in [0, 0.05) is 7.05 Å². The van der Waals surface area contributed by atoms with Crippen molar-refractivity contribution in [3.8, 4) is 0 Å². The Labute approximate surface area is 144 Å². The predicted octanol–water partition coefficient (Wildman–Crippen LogP) is -0.857. The second kappa shape index (κ2) is 9.57. The summed E-state index contributed by atoms with van der Waals surface area (Å²) in [6, 6.07) is 0. The van der Waals surface area contributed by atoms with Crippen LogP contribution in [0.15, 0.2) is 0 Å². The summed E-state index contributed by atoms with van der Waals surface area (Å²) in [5, 5.41) is 9.03. The monoisotopic (exact) mass is 361 g/mol. The van der Waals surface area contributed by atoms with Crippen LogP contribution in [0.2, 0.25) is 0 Å². The first kappa shape index (κ1) is 22.3. The average molecular weight is 361 g/mol. The van der Waals surface area contributed by atoms with E-state index >= 15 is 0 Å². The van der Waals surface area contributed by atoms with Crippen molar-refractivity contribution in [3.05, 3.63) is 0 Å². The number of carboxylic acid groups (broad SMARTS) is 1. The van der Waals surface area contributed by atoms with E-state index in [1.807, 2.05) is 0 Å². The lowest BCUT2D eigenvalue weighted by Crippen LogP contribution is -2.44. The van der Waals surface area contributed by atoms with E-state index in [1.54, 1.807) is 20.8 Å². The Hall–Kier alpha value is -2.69. The molecule has 0 aliphatic heterocycles. The van der Waals surface area contributed by atoms with Gasteiger partial charge in [-0.15, -0.1) is 0 Å². The number of rotatable bonds is 8. The summed E-state index contributed by atoms with van der Waals surface area (Å²) in [5.41, 5.74) is -0.761. The third kappa shape index (κ3) is 10.7. The number of hydrazine groups is 1. The van der Waals surface area contributed by atoms with E-state index in [-0.39, 0.29) is 0 Å². The zero-order valence-corrected chi connectivity index (χ0v) is 14.6. The Kier molecular flexibility index (Phi) is 8.54. The van der Waals surface area contributed by atoms with E-state index in [4.69, 9.17) is 15.7 Å². The van der Waals surface area contributed by atoms with Gasteiger partial charge in [-0.2, -0.15) is 0 Å². The van der Waals surface area contributed by atoms with Gasteiger partial charge in [0.2, 0.25) is 5.91 Å². The summed E-state index contributed by atoms with van der Waals surface area (Å²) >= 11 is 0. The Morgan fingerprint density at radius 3 is 2.12 bits per heavy atom. The lowest BCUT2D eigenvalue weighted by molar-refractivity contribution is -0.158. The highest BCUT2D eigenvalue weighted by atomic mass is 16.6. The van der Waals surface area contributed by atoms with E-state index in [2.05, 4.69) is 4.74 Å². The van der Waals surface area contributed by atoms with E-state index in [0.717, 1.165) is 4.90 Å². The van der Waals surface area contributed by atoms with Gasteiger partial charge in [-0.1, -0.05) is 0 Å². The number of Topliss-reactive ketones (excluding diaryl/α,β-unsaturated/α-hetero) is 1. The summed E-state index contributed by atoms with van der Waals surface area (Å²) in [6.07, 6.45) is -1.65. The highest BCUT2D eigenvalue weighted by Crippen LogP contribution is 2.08. The molecule has 0 aromatic rings. The van der Waals surface area contributed by atoms with Gasteiger partial charge in [0.25, 0.3) is 0 Å². The van der Waals surface area contributed by atoms with Crippen molar-refractivity contribution in [3.63, 3.8) is 0 Å². The minimum Gasteiger partial charge on any atom is -0.480 e. The number of carbonyl (C=O) groups is 5. The number of likely N-dealkylation sites (N-methyl/N-ethyl adjacent to an activating group) is 1. The number of ketones is 1. The van der Waals surface area contributed by atoms with Crippen LogP contribution < -0.4 is 5.84 Å². The molecule has 11 nitrogen and oxygen atoms in total. The van der Waals surface area contributed by atoms with E-state index in [9.17, 15) is 24.0 Å². The van der Waals surface area contributed by atoms with Crippen LogP contribution in [-0.4, -0.2) is 77.1 Å². The van der Waals surface area contributed by atoms with E-state index in [0.29, 0.717) is 5.01 Å². The number of carbonyl (C=O) groups excluding carboxylic acids is 4. The first-order valence-corrected chi connectivity index (χ1v) is 7.20. The van der Waals surface area contributed by atoms with Crippen LogP contribution >= 0.6 is 0 Å². The Balaban J connectivity index is 4.28. The summed E-state index contributed by atoms with van der Waals surface area (Å²) in [6.45, 7) is 3.02. The molecule has 0 fully saturated rings. The molecule has 0 rings (SSSR count). The quantitative estimate of drug-likeness (QED) is 0.185. The van der Waals surface area contributed by atoms with Crippen molar-refractivity contribution in [2.45, 2.75) is 32.8 Å². The molecule has 0 heterocycles. The smallest absolute Gasteiger partial charge is 0.410 e. The normalized spacial score (nSPS) is 10.6. The van der Waals surface area contributed by atoms with Crippen molar-refractivity contribution in [2.24, 2.45) is 5.84 Å². The number of hydrogen-bond acceptors (Lipinski definition) is 8. The Morgan fingerprint density at radius 1 is 1.08 bits per heavy atom. The molecule has 0 bridgehead atoms. The van der Waals surface area contributed by atoms with Gasteiger partial charge in [-0.05, 0) is 20.8 Å². The Bertz CT molecular complexity index is 541. The molecular formula is C14H23N3O8. The molecule has 0 atom stereocenters. The van der Waals surface area contributed by atoms with Gasteiger partial charge < -0.3 is 19.5 Å². The lowest BCUT2D eigenvalue weighted by atomic mass is 10.2. The van der Waals surface area contributed by atoms with Crippen LogP contribution in [-0.2, 0) is 28.7 Å². The highest BCUT2D eigenvalue weighted by Gasteiger charge is 2.23. The minimum atomic E-state index is -1.24. The number of ether oxygens (including phenoxy) is 2. The number of nitrogens with zero attached hydrogens (tertiary/aromatic N) is 2. The molecule has 11 heteroatoms. The number of aliphatic carboxylic acids is 1. The molecule has 0 spiro atoms. The fraction of sp³-hybridized carbons (Fsp3) is 0.643. The number of hydrogen-bond donors (Lipinski definition) is 2. The predicted molar refractivity (Wildman–Crippen MR) is 83.0 cm³/mol. The van der Waals surface area contributed by atoms with Crippen molar-refractivity contribution >= 4 is 29.7 Å². The molecular weight excluding hydrogens is 338 g/mol. The van der Waals surface area contributed by atoms with Crippen molar-refractivity contribution in [1.82, 2.24) is 9.91 Å². The number of amides is 2. The van der Waals surface area contributed by atoms with Crippen LogP contribution in [0.5, 0.6) is 0 Å². The molecule has 0 aliphatic carbocycles. The number of nitrogens with two attached hydrogens (primary N) is 1. The molecule has 0 saturated heterocycles. The molecule has 0 saturated carbocycles. The lowest BCUT2D eigenvalue weighted by Gasteiger charge is -2.21. The molecule has 3 N–H and O–H groups in total. The van der Waals surface area contributed by atoms with Crippen molar-refractivity contribution in [2.75, 3.05) is 26.7 Å². The largest absolute Gasteiger partial charge is 0.480 e. The molecule has 0 radical (unpaired) electrons. The molecule has 0 aromatic heterocycles. The zero-order chi connectivity index (χ0) is 19.8. The maximum absolute atomic E-state index is 11.7. The molecule has 142 valence electrons. The average Bonchev–Trinajstić information content (AvgIpc) is 2.41. The van der Waals surface area contributed by atoms with Gasteiger partial charge in [-0.3, -0.25) is 24.2 Å². The first-order chi connectivity index (χ1) is 11.3. The molecule has 0 aromatic carbocycles. The van der Waals surface area contributed by atoms with Gasteiger partial charge in [0.15, 0.2) is 12.4 Å². The molecule has 2 amide bonds. The fourth-order valence-electron chi connectivity index (χ4n) is 1.45.